The van der Waals surface area contributed by atoms with Gasteiger partial charge in [0, 0.05) is 17.3 Å². The van der Waals surface area contributed by atoms with Gasteiger partial charge in [0.15, 0.2) is 0 Å². The van der Waals surface area contributed by atoms with Crippen LogP contribution in [0.5, 0.6) is 0 Å². The smallest absolute Gasteiger partial charge is 0.337 e. The molecule has 104 valence electrons. The lowest BCUT2D eigenvalue weighted by atomic mass is 10.1. The quantitative estimate of drug-likeness (QED) is 0.900. The summed E-state index contributed by atoms with van der Waals surface area (Å²) in [5.74, 6) is -0.955. The van der Waals surface area contributed by atoms with Crippen LogP contribution in [0.1, 0.15) is 22.8 Å². The van der Waals surface area contributed by atoms with E-state index < -0.39 is 5.97 Å². The van der Waals surface area contributed by atoms with Gasteiger partial charge in [0.2, 0.25) is 0 Å². The predicted octanol–water partition coefficient (Wildman–Crippen LogP) is 4.50. The fourth-order valence-corrected chi connectivity index (χ4v) is 2.41. The van der Waals surface area contributed by atoms with E-state index in [4.69, 9.17) is 11.6 Å². The summed E-state index contributed by atoms with van der Waals surface area (Å²) in [7, 11) is 0. The Kier molecular flexibility index (Phi) is 4.30. The summed E-state index contributed by atoms with van der Waals surface area (Å²) >= 11 is 6.03. The Balaban J connectivity index is 2.60. The van der Waals surface area contributed by atoms with Crippen molar-refractivity contribution < 1.29 is 9.90 Å². The summed E-state index contributed by atoms with van der Waals surface area (Å²) in [6.07, 6.45) is 0. The van der Waals surface area contributed by atoms with Crippen LogP contribution in [0.25, 0.3) is 0 Å². The van der Waals surface area contributed by atoms with E-state index in [1.54, 1.807) is 18.2 Å². The van der Waals surface area contributed by atoms with Crippen LogP contribution in [0.2, 0.25) is 5.02 Å². The first-order valence-electron chi connectivity index (χ1n) is 6.40. The molecule has 0 saturated heterocycles. The average molecular weight is 290 g/mol. The van der Waals surface area contributed by atoms with Crippen molar-refractivity contribution in [3.8, 4) is 0 Å². The van der Waals surface area contributed by atoms with Gasteiger partial charge in [-0.2, -0.15) is 0 Å². The van der Waals surface area contributed by atoms with Gasteiger partial charge in [-0.05, 0) is 43.7 Å². The highest BCUT2D eigenvalue weighted by Crippen LogP contribution is 2.32. The zero-order valence-electron chi connectivity index (χ0n) is 11.4. The molecule has 1 N–H and O–H groups in total. The summed E-state index contributed by atoms with van der Waals surface area (Å²) in [4.78, 5) is 13.4. The molecule has 20 heavy (non-hydrogen) atoms. The largest absolute Gasteiger partial charge is 0.478 e. The first kappa shape index (κ1) is 14.4. The Morgan fingerprint density at radius 1 is 1.20 bits per heavy atom. The molecule has 0 aliphatic heterocycles. The lowest BCUT2D eigenvalue weighted by Gasteiger charge is -2.26. The van der Waals surface area contributed by atoms with Crippen LogP contribution in [0.15, 0.2) is 42.5 Å². The summed E-state index contributed by atoms with van der Waals surface area (Å²) in [6, 6.07) is 12.7. The first-order valence-corrected chi connectivity index (χ1v) is 6.78. The van der Waals surface area contributed by atoms with Crippen LogP contribution in [0.3, 0.4) is 0 Å². The number of para-hydroxylation sites is 1. The summed E-state index contributed by atoms with van der Waals surface area (Å²) < 4.78 is 0. The molecule has 0 amide bonds. The lowest BCUT2D eigenvalue weighted by molar-refractivity contribution is 0.0697. The van der Waals surface area contributed by atoms with E-state index in [1.807, 2.05) is 43.0 Å². The maximum Gasteiger partial charge on any atom is 0.337 e. The van der Waals surface area contributed by atoms with E-state index in [-0.39, 0.29) is 5.56 Å². The minimum Gasteiger partial charge on any atom is -0.478 e. The van der Waals surface area contributed by atoms with Crippen LogP contribution in [0.4, 0.5) is 11.4 Å². The van der Waals surface area contributed by atoms with Gasteiger partial charge in [0.1, 0.15) is 0 Å². The molecule has 0 aliphatic rings. The van der Waals surface area contributed by atoms with E-state index in [0.717, 1.165) is 11.3 Å². The van der Waals surface area contributed by atoms with E-state index in [9.17, 15) is 9.90 Å². The molecular weight excluding hydrogens is 274 g/mol. The maximum atomic E-state index is 11.4. The molecule has 0 radical (unpaired) electrons. The molecule has 0 heterocycles. The lowest BCUT2D eigenvalue weighted by Crippen LogP contribution is -2.20. The Morgan fingerprint density at radius 2 is 1.90 bits per heavy atom. The fourth-order valence-electron chi connectivity index (χ4n) is 2.25. The van der Waals surface area contributed by atoms with Crippen LogP contribution < -0.4 is 4.90 Å². The number of hydrogen-bond acceptors (Lipinski definition) is 2. The number of hydrogen-bond donors (Lipinski definition) is 1. The molecule has 2 aromatic rings. The molecule has 2 rings (SSSR count). The molecule has 0 bridgehead atoms. The minimum absolute atomic E-state index is 0.250. The number of carboxylic acids is 1. The molecule has 0 aliphatic carbocycles. The van der Waals surface area contributed by atoms with E-state index in [0.29, 0.717) is 17.3 Å². The summed E-state index contributed by atoms with van der Waals surface area (Å²) in [5, 5.41) is 9.87. The number of carboxylic acid groups (broad SMARTS) is 1. The number of benzene rings is 2. The van der Waals surface area contributed by atoms with Gasteiger partial charge in [0.25, 0.3) is 0 Å². The Labute approximate surface area is 123 Å². The van der Waals surface area contributed by atoms with Crippen molar-refractivity contribution in [2.45, 2.75) is 13.8 Å². The highest BCUT2D eigenvalue weighted by molar-refractivity contribution is 6.31. The van der Waals surface area contributed by atoms with Gasteiger partial charge < -0.3 is 10.0 Å². The minimum atomic E-state index is -0.955. The molecular formula is C16H16ClNO2. The summed E-state index contributed by atoms with van der Waals surface area (Å²) in [5.41, 5.74) is 2.94. The number of aromatic carboxylic acids is 1. The normalized spacial score (nSPS) is 10.3. The zero-order chi connectivity index (χ0) is 14.7. The maximum absolute atomic E-state index is 11.4. The van der Waals surface area contributed by atoms with Crippen LogP contribution >= 0.6 is 11.6 Å². The number of rotatable bonds is 4. The second kappa shape index (κ2) is 5.97. The highest BCUT2D eigenvalue weighted by atomic mass is 35.5. The van der Waals surface area contributed by atoms with Crippen molar-refractivity contribution in [3.63, 3.8) is 0 Å². The third-order valence-corrected chi connectivity index (χ3v) is 3.44. The van der Waals surface area contributed by atoms with Gasteiger partial charge in [-0.25, -0.2) is 4.79 Å². The molecule has 4 heteroatoms. The van der Waals surface area contributed by atoms with E-state index in [1.165, 1.54) is 0 Å². The van der Waals surface area contributed by atoms with Crippen molar-refractivity contribution in [1.82, 2.24) is 0 Å². The Bertz CT molecular complexity index is 640. The van der Waals surface area contributed by atoms with Crippen molar-refractivity contribution in [2.75, 3.05) is 11.4 Å². The molecule has 0 fully saturated rings. The van der Waals surface area contributed by atoms with E-state index in [2.05, 4.69) is 0 Å². The molecule has 2 aromatic carbocycles. The van der Waals surface area contributed by atoms with Crippen LogP contribution in [-0.4, -0.2) is 17.6 Å². The number of aryl methyl sites for hydroxylation is 1. The second-order valence-electron chi connectivity index (χ2n) is 4.50. The third kappa shape index (κ3) is 2.78. The molecule has 0 atom stereocenters. The van der Waals surface area contributed by atoms with Gasteiger partial charge >= 0.3 is 5.97 Å². The standard InChI is InChI=1S/C16H16ClNO2/c1-3-18(14-7-5-4-6-11(14)2)15-10-12(17)8-9-13(15)16(19)20/h4-10H,3H2,1-2H3,(H,19,20). The number of halogens is 1. The predicted molar refractivity (Wildman–Crippen MR) is 82.3 cm³/mol. The second-order valence-corrected chi connectivity index (χ2v) is 4.93. The van der Waals surface area contributed by atoms with Gasteiger partial charge in [0.05, 0.1) is 11.3 Å². The topological polar surface area (TPSA) is 40.5 Å². The molecule has 0 aromatic heterocycles. The van der Waals surface area contributed by atoms with Gasteiger partial charge in [-0.3, -0.25) is 0 Å². The van der Waals surface area contributed by atoms with Crippen LogP contribution in [0, 0.1) is 6.92 Å². The van der Waals surface area contributed by atoms with Crippen molar-refractivity contribution in [2.24, 2.45) is 0 Å². The summed E-state index contributed by atoms with van der Waals surface area (Å²) in [6.45, 7) is 4.65. The van der Waals surface area contributed by atoms with Crippen molar-refractivity contribution in [1.29, 1.82) is 0 Å². The first-order chi connectivity index (χ1) is 9.54. The third-order valence-electron chi connectivity index (χ3n) is 3.20. The molecule has 0 saturated carbocycles. The number of carbonyl (C=O) groups is 1. The SMILES string of the molecule is CCN(c1ccccc1C)c1cc(Cl)ccc1C(=O)O. The Hall–Kier alpha value is -2.00. The highest BCUT2D eigenvalue weighted by Gasteiger charge is 2.17. The average Bonchev–Trinajstić information content (AvgIpc) is 2.41. The van der Waals surface area contributed by atoms with E-state index >= 15 is 0 Å². The van der Waals surface area contributed by atoms with Crippen LogP contribution in [-0.2, 0) is 0 Å². The monoisotopic (exact) mass is 289 g/mol. The van der Waals surface area contributed by atoms with Crippen molar-refractivity contribution >= 4 is 28.9 Å². The van der Waals surface area contributed by atoms with Gasteiger partial charge in [-0.1, -0.05) is 29.8 Å². The fraction of sp³-hybridized carbons (Fsp3) is 0.188. The van der Waals surface area contributed by atoms with Gasteiger partial charge in [-0.15, -0.1) is 0 Å². The molecule has 3 nitrogen and oxygen atoms in total. The van der Waals surface area contributed by atoms with Crippen molar-refractivity contribution in [3.05, 3.63) is 58.6 Å². The molecule has 0 spiro atoms. The Morgan fingerprint density at radius 3 is 2.50 bits per heavy atom. The number of anilines is 2. The molecule has 0 unspecified atom stereocenters. The zero-order valence-corrected chi connectivity index (χ0v) is 12.2. The number of nitrogens with zero attached hydrogens (tertiary/aromatic N) is 1.